The van der Waals surface area contributed by atoms with Gasteiger partial charge in [0.1, 0.15) is 12.7 Å². The van der Waals surface area contributed by atoms with E-state index in [1.165, 1.54) is 0 Å². The third-order valence-corrected chi connectivity index (χ3v) is 2.99. The number of alkyl halides is 1. The Hall–Kier alpha value is -1.42. The summed E-state index contributed by atoms with van der Waals surface area (Å²) in [6, 6.07) is 6.80. The molecule has 1 heterocycles. The first-order valence-electron chi connectivity index (χ1n) is 5.34. The number of fused-ring (bicyclic) bond motifs is 1. The van der Waals surface area contributed by atoms with E-state index in [1.54, 1.807) is 4.90 Å². The zero-order chi connectivity index (χ0) is 11.5. The highest BCUT2D eigenvalue weighted by Gasteiger charge is 2.32. The lowest BCUT2D eigenvalue weighted by Crippen LogP contribution is -2.40. The molecule has 0 radical (unpaired) electrons. The fourth-order valence-electron chi connectivity index (χ4n) is 2.26. The predicted octanol–water partition coefficient (Wildman–Crippen LogP) is 1.64. The molecule has 86 valence electrons. The number of carboxylic acids is 1. The van der Waals surface area contributed by atoms with Crippen molar-refractivity contribution in [3.63, 3.8) is 0 Å². The van der Waals surface area contributed by atoms with E-state index >= 15 is 0 Å². The normalized spacial score (nSPS) is 20.4. The monoisotopic (exact) mass is 223 g/mol. The first kappa shape index (κ1) is 11.1. The standard InChI is InChI=1S/C12H14FNO2/c13-6-8-14-7-5-9-3-1-2-4-10(9)11(14)12(15)16/h1-4,11H,5-8H2,(H,15,16). The second kappa shape index (κ2) is 4.61. The maximum Gasteiger partial charge on any atom is 0.325 e. The molecule has 2 rings (SSSR count). The third kappa shape index (κ3) is 1.93. The highest BCUT2D eigenvalue weighted by Crippen LogP contribution is 2.29. The molecule has 3 nitrogen and oxygen atoms in total. The molecule has 0 saturated carbocycles. The smallest absolute Gasteiger partial charge is 0.325 e. The van der Waals surface area contributed by atoms with Crippen LogP contribution < -0.4 is 0 Å². The maximum absolute atomic E-state index is 12.4. The summed E-state index contributed by atoms with van der Waals surface area (Å²) >= 11 is 0. The van der Waals surface area contributed by atoms with Gasteiger partial charge < -0.3 is 5.11 Å². The summed E-state index contributed by atoms with van der Waals surface area (Å²) < 4.78 is 12.4. The average molecular weight is 223 g/mol. The summed E-state index contributed by atoms with van der Waals surface area (Å²) in [4.78, 5) is 12.9. The SMILES string of the molecule is O=C(O)C1c2ccccc2CCN1CCF. The molecule has 0 spiro atoms. The lowest BCUT2D eigenvalue weighted by molar-refractivity contribution is -0.144. The molecule has 1 aromatic carbocycles. The van der Waals surface area contributed by atoms with Gasteiger partial charge >= 0.3 is 5.97 Å². The minimum atomic E-state index is -0.902. The number of carbonyl (C=O) groups is 1. The van der Waals surface area contributed by atoms with Gasteiger partial charge in [0, 0.05) is 13.1 Å². The lowest BCUT2D eigenvalue weighted by atomic mass is 9.93. The molecule has 4 heteroatoms. The molecule has 0 aromatic heterocycles. The van der Waals surface area contributed by atoms with Crippen LogP contribution >= 0.6 is 0 Å². The van der Waals surface area contributed by atoms with E-state index in [9.17, 15) is 14.3 Å². The number of nitrogens with zero attached hydrogens (tertiary/aromatic N) is 1. The molecule has 0 saturated heterocycles. The van der Waals surface area contributed by atoms with Gasteiger partial charge in [-0.05, 0) is 17.5 Å². The Bertz CT molecular complexity index is 394. The topological polar surface area (TPSA) is 40.5 Å². The summed E-state index contributed by atoms with van der Waals surface area (Å²) in [5.41, 5.74) is 1.86. The van der Waals surface area contributed by atoms with Crippen LogP contribution in [0, 0.1) is 0 Å². The Kier molecular flexibility index (Phi) is 3.19. The summed E-state index contributed by atoms with van der Waals surface area (Å²) in [5, 5.41) is 9.22. The van der Waals surface area contributed by atoms with Crippen molar-refractivity contribution >= 4 is 5.97 Å². The number of rotatable bonds is 3. The molecular formula is C12H14FNO2. The molecule has 1 atom stereocenters. The van der Waals surface area contributed by atoms with Crippen molar-refractivity contribution in [2.45, 2.75) is 12.5 Å². The van der Waals surface area contributed by atoms with Crippen LogP contribution in [0.15, 0.2) is 24.3 Å². The first-order chi connectivity index (χ1) is 7.74. The zero-order valence-corrected chi connectivity index (χ0v) is 8.90. The van der Waals surface area contributed by atoms with Gasteiger partial charge in [0.05, 0.1) is 0 Å². The highest BCUT2D eigenvalue weighted by atomic mass is 19.1. The lowest BCUT2D eigenvalue weighted by Gasteiger charge is -2.33. The quantitative estimate of drug-likeness (QED) is 0.846. The molecule has 1 aliphatic heterocycles. The van der Waals surface area contributed by atoms with Crippen LogP contribution in [0.3, 0.4) is 0 Å². The van der Waals surface area contributed by atoms with E-state index in [4.69, 9.17) is 0 Å². The van der Waals surface area contributed by atoms with Crippen molar-refractivity contribution in [1.82, 2.24) is 4.90 Å². The Balaban J connectivity index is 2.35. The molecule has 1 unspecified atom stereocenters. The summed E-state index contributed by atoms with van der Waals surface area (Å²) in [5.74, 6) is -0.902. The number of carboxylic acid groups (broad SMARTS) is 1. The van der Waals surface area contributed by atoms with Crippen LogP contribution in [0.25, 0.3) is 0 Å². The second-order valence-electron chi connectivity index (χ2n) is 3.91. The zero-order valence-electron chi connectivity index (χ0n) is 8.90. The molecule has 0 aliphatic carbocycles. The van der Waals surface area contributed by atoms with E-state index in [1.807, 2.05) is 24.3 Å². The molecule has 16 heavy (non-hydrogen) atoms. The Morgan fingerprint density at radius 1 is 1.50 bits per heavy atom. The van der Waals surface area contributed by atoms with Crippen molar-refractivity contribution in [3.8, 4) is 0 Å². The number of hydrogen-bond acceptors (Lipinski definition) is 2. The average Bonchev–Trinajstić information content (AvgIpc) is 2.28. The summed E-state index contributed by atoms with van der Waals surface area (Å²) in [7, 11) is 0. The minimum absolute atomic E-state index is 0.186. The minimum Gasteiger partial charge on any atom is -0.480 e. The van der Waals surface area contributed by atoms with Gasteiger partial charge in [0.2, 0.25) is 0 Å². The van der Waals surface area contributed by atoms with E-state index in [0.29, 0.717) is 6.54 Å². The molecule has 0 fully saturated rings. The number of benzene rings is 1. The number of aliphatic carboxylic acids is 1. The molecule has 1 N–H and O–H groups in total. The van der Waals surface area contributed by atoms with Gasteiger partial charge in [-0.25, -0.2) is 4.39 Å². The van der Waals surface area contributed by atoms with Crippen LogP contribution in [0.2, 0.25) is 0 Å². The van der Waals surface area contributed by atoms with E-state index < -0.39 is 18.7 Å². The Morgan fingerprint density at radius 2 is 2.25 bits per heavy atom. The van der Waals surface area contributed by atoms with Crippen LogP contribution in [0.1, 0.15) is 17.2 Å². The molecular weight excluding hydrogens is 209 g/mol. The molecule has 0 amide bonds. The third-order valence-electron chi connectivity index (χ3n) is 2.99. The summed E-state index contributed by atoms with van der Waals surface area (Å²) in [6.45, 7) is 0.287. The Labute approximate surface area is 93.5 Å². The van der Waals surface area contributed by atoms with E-state index in [2.05, 4.69) is 0 Å². The van der Waals surface area contributed by atoms with E-state index in [0.717, 1.165) is 17.5 Å². The van der Waals surface area contributed by atoms with Crippen molar-refractivity contribution in [3.05, 3.63) is 35.4 Å². The summed E-state index contributed by atoms with van der Waals surface area (Å²) in [6.07, 6.45) is 0.792. The number of halogens is 1. The first-order valence-corrected chi connectivity index (χ1v) is 5.34. The molecule has 1 aromatic rings. The van der Waals surface area contributed by atoms with Gasteiger partial charge in [-0.2, -0.15) is 0 Å². The molecule has 1 aliphatic rings. The fraction of sp³-hybridized carbons (Fsp3) is 0.417. The van der Waals surface area contributed by atoms with Gasteiger partial charge in [0.25, 0.3) is 0 Å². The maximum atomic E-state index is 12.4. The highest BCUT2D eigenvalue weighted by molar-refractivity contribution is 5.76. The fourth-order valence-corrected chi connectivity index (χ4v) is 2.26. The Morgan fingerprint density at radius 3 is 2.94 bits per heavy atom. The van der Waals surface area contributed by atoms with Crippen molar-refractivity contribution in [2.24, 2.45) is 0 Å². The van der Waals surface area contributed by atoms with Crippen LogP contribution in [0.5, 0.6) is 0 Å². The van der Waals surface area contributed by atoms with E-state index in [-0.39, 0.29) is 6.54 Å². The predicted molar refractivity (Wildman–Crippen MR) is 58.1 cm³/mol. The van der Waals surface area contributed by atoms with Gasteiger partial charge in [0.15, 0.2) is 0 Å². The number of hydrogen-bond donors (Lipinski definition) is 1. The molecule has 0 bridgehead atoms. The van der Waals surface area contributed by atoms with Crippen LogP contribution in [0.4, 0.5) is 4.39 Å². The van der Waals surface area contributed by atoms with Gasteiger partial charge in [-0.15, -0.1) is 0 Å². The van der Waals surface area contributed by atoms with Crippen LogP contribution in [-0.4, -0.2) is 35.7 Å². The van der Waals surface area contributed by atoms with Crippen LogP contribution in [-0.2, 0) is 11.2 Å². The van der Waals surface area contributed by atoms with Gasteiger partial charge in [-0.1, -0.05) is 24.3 Å². The second-order valence-corrected chi connectivity index (χ2v) is 3.91. The van der Waals surface area contributed by atoms with Crippen molar-refractivity contribution in [2.75, 3.05) is 19.8 Å². The van der Waals surface area contributed by atoms with Gasteiger partial charge in [-0.3, -0.25) is 9.69 Å². The van der Waals surface area contributed by atoms with Crippen molar-refractivity contribution < 1.29 is 14.3 Å². The largest absolute Gasteiger partial charge is 0.480 e. The van der Waals surface area contributed by atoms with Crippen molar-refractivity contribution in [1.29, 1.82) is 0 Å².